The first-order valence-electron chi connectivity index (χ1n) is 8.21. The Morgan fingerprint density at radius 1 is 1.00 bits per heavy atom. The van der Waals surface area contributed by atoms with E-state index in [0.717, 1.165) is 5.56 Å². The zero-order valence-electron chi connectivity index (χ0n) is 14.7. The van der Waals surface area contributed by atoms with Crippen molar-refractivity contribution in [2.24, 2.45) is 0 Å². The molecule has 1 aliphatic rings. The second kappa shape index (κ2) is 9.47. The zero-order valence-corrected chi connectivity index (χ0v) is 14.7. The predicted molar refractivity (Wildman–Crippen MR) is 89.1 cm³/mol. The fourth-order valence-corrected chi connectivity index (χ4v) is 2.78. The van der Waals surface area contributed by atoms with Crippen LogP contribution < -0.4 is 9.47 Å². The molecule has 0 amide bonds. The fraction of sp³-hybridized carbons (Fsp3) is 0.647. The van der Waals surface area contributed by atoms with E-state index in [4.69, 9.17) is 18.9 Å². The standard InChI is InChI=1S/C17H26O9/c1-23-11-4-3-9(5-12(11)24-2)10(6-18)8-25-17-16(22)15(21)14(20)13(7-19)26-17/h3-5,10,13-22H,6-8H2,1-2H3/t10-,13-,14-,15+,16-,17-/m1/s1. The second-order valence-corrected chi connectivity index (χ2v) is 6.02. The van der Waals surface area contributed by atoms with E-state index in [1.165, 1.54) is 14.2 Å². The minimum atomic E-state index is -1.51. The predicted octanol–water partition coefficient (Wildman–Crippen LogP) is -1.40. The molecule has 0 radical (unpaired) electrons. The molecule has 1 aromatic carbocycles. The van der Waals surface area contributed by atoms with Gasteiger partial charge in [0.2, 0.25) is 0 Å². The van der Waals surface area contributed by atoms with Crippen LogP contribution in [0.2, 0.25) is 0 Å². The van der Waals surface area contributed by atoms with Gasteiger partial charge in [0.15, 0.2) is 17.8 Å². The normalized spacial score (nSPS) is 30.0. The molecule has 6 atom stereocenters. The van der Waals surface area contributed by atoms with Crippen LogP contribution in [0.5, 0.6) is 11.5 Å². The summed E-state index contributed by atoms with van der Waals surface area (Å²) >= 11 is 0. The number of hydrogen-bond acceptors (Lipinski definition) is 9. The van der Waals surface area contributed by atoms with E-state index in [-0.39, 0.29) is 13.2 Å². The van der Waals surface area contributed by atoms with Crippen molar-refractivity contribution in [3.05, 3.63) is 23.8 Å². The molecule has 1 aliphatic heterocycles. The van der Waals surface area contributed by atoms with Crippen LogP contribution in [0.25, 0.3) is 0 Å². The summed E-state index contributed by atoms with van der Waals surface area (Å²) in [5.74, 6) is 0.584. The van der Waals surface area contributed by atoms with Gasteiger partial charge in [0.25, 0.3) is 0 Å². The molecule has 9 heteroatoms. The van der Waals surface area contributed by atoms with Gasteiger partial charge >= 0.3 is 0 Å². The lowest BCUT2D eigenvalue weighted by atomic mass is 9.98. The number of ether oxygens (including phenoxy) is 4. The Kier molecular flexibility index (Phi) is 7.59. The Morgan fingerprint density at radius 3 is 2.27 bits per heavy atom. The molecule has 0 bridgehead atoms. The topological polar surface area (TPSA) is 138 Å². The second-order valence-electron chi connectivity index (χ2n) is 6.02. The molecule has 1 heterocycles. The van der Waals surface area contributed by atoms with E-state index < -0.39 is 43.2 Å². The van der Waals surface area contributed by atoms with Crippen molar-refractivity contribution < 1.29 is 44.5 Å². The molecule has 0 unspecified atom stereocenters. The molecule has 26 heavy (non-hydrogen) atoms. The van der Waals surface area contributed by atoms with Gasteiger partial charge in [0.1, 0.15) is 24.4 Å². The van der Waals surface area contributed by atoms with E-state index in [9.17, 15) is 25.5 Å². The van der Waals surface area contributed by atoms with Crippen molar-refractivity contribution in [3.8, 4) is 11.5 Å². The van der Waals surface area contributed by atoms with Crippen LogP contribution >= 0.6 is 0 Å². The van der Waals surface area contributed by atoms with Crippen LogP contribution in [-0.2, 0) is 9.47 Å². The summed E-state index contributed by atoms with van der Waals surface area (Å²) in [6.45, 7) is -0.814. The smallest absolute Gasteiger partial charge is 0.186 e. The lowest BCUT2D eigenvalue weighted by Gasteiger charge is -2.40. The molecule has 0 spiro atoms. The van der Waals surface area contributed by atoms with E-state index in [0.29, 0.717) is 11.5 Å². The van der Waals surface area contributed by atoms with Crippen molar-refractivity contribution in [2.75, 3.05) is 34.0 Å². The Morgan fingerprint density at radius 2 is 1.69 bits per heavy atom. The first kappa shape index (κ1) is 20.8. The monoisotopic (exact) mass is 374 g/mol. The van der Waals surface area contributed by atoms with Gasteiger partial charge in [-0.2, -0.15) is 0 Å². The number of aliphatic hydroxyl groups excluding tert-OH is 5. The molecule has 2 rings (SSSR count). The van der Waals surface area contributed by atoms with Crippen LogP contribution in [0.3, 0.4) is 0 Å². The van der Waals surface area contributed by atoms with Crippen molar-refractivity contribution >= 4 is 0 Å². The van der Waals surface area contributed by atoms with Gasteiger partial charge in [0.05, 0.1) is 34.0 Å². The van der Waals surface area contributed by atoms with Crippen molar-refractivity contribution in [1.82, 2.24) is 0 Å². The summed E-state index contributed by atoms with van der Waals surface area (Å²) in [5, 5.41) is 48.4. The highest BCUT2D eigenvalue weighted by atomic mass is 16.7. The zero-order chi connectivity index (χ0) is 19.3. The summed E-state index contributed by atoms with van der Waals surface area (Å²) in [6, 6.07) is 5.15. The highest BCUT2D eigenvalue weighted by Crippen LogP contribution is 2.31. The van der Waals surface area contributed by atoms with Crippen LogP contribution in [0.4, 0.5) is 0 Å². The van der Waals surface area contributed by atoms with Gasteiger partial charge in [-0.3, -0.25) is 0 Å². The first-order valence-corrected chi connectivity index (χ1v) is 8.21. The largest absolute Gasteiger partial charge is 0.493 e. The van der Waals surface area contributed by atoms with Gasteiger partial charge < -0.3 is 44.5 Å². The van der Waals surface area contributed by atoms with Gasteiger partial charge in [-0.05, 0) is 17.7 Å². The maximum Gasteiger partial charge on any atom is 0.186 e. The molecule has 5 N–H and O–H groups in total. The highest BCUT2D eigenvalue weighted by Gasteiger charge is 2.44. The van der Waals surface area contributed by atoms with Gasteiger partial charge in [-0.15, -0.1) is 0 Å². The summed E-state index contributed by atoms with van der Waals surface area (Å²) in [4.78, 5) is 0. The number of rotatable bonds is 8. The molecule has 1 fully saturated rings. The van der Waals surface area contributed by atoms with E-state index >= 15 is 0 Å². The Bertz CT molecular complexity index is 565. The number of aliphatic hydroxyl groups is 5. The third-order valence-corrected chi connectivity index (χ3v) is 4.41. The average Bonchev–Trinajstić information content (AvgIpc) is 2.67. The third-order valence-electron chi connectivity index (χ3n) is 4.41. The van der Waals surface area contributed by atoms with Crippen molar-refractivity contribution in [2.45, 2.75) is 36.6 Å². The van der Waals surface area contributed by atoms with Crippen molar-refractivity contribution in [3.63, 3.8) is 0 Å². The Labute approximate surface area is 151 Å². The highest BCUT2D eigenvalue weighted by molar-refractivity contribution is 5.44. The van der Waals surface area contributed by atoms with Gasteiger partial charge in [-0.25, -0.2) is 0 Å². The van der Waals surface area contributed by atoms with E-state index in [1.54, 1.807) is 18.2 Å². The summed E-state index contributed by atoms with van der Waals surface area (Å²) in [6.07, 6.45) is -6.75. The molecular weight excluding hydrogens is 348 g/mol. The molecule has 0 aliphatic carbocycles. The molecule has 0 saturated carbocycles. The van der Waals surface area contributed by atoms with E-state index in [1.807, 2.05) is 0 Å². The maximum atomic E-state index is 9.99. The molecule has 0 aromatic heterocycles. The first-order chi connectivity index (χ1) is 12.5. The Hall–Kier alpha value is -1.46. The summed E-state index contributed by atoms with van der Waals surface area (Å²) in [5.41, 5.74) is 0.717. The van der Waals surface area contributed by atoms with Crippen LogP contribution in [0, 0.1) is 0 Å². The van der Waals surface area contributed by atoms with Crippen LogP contribution in [-0.4, -0.2) is 90.3 Å². The molecule has 1 aromatic rings. The summed E-state index contributed by atoms with van der Waals surface area (Å²) < 4.78 is 21.2. The molecular formula is C17H26O9. The minimum absolute atomic E-state index is 0.0331. The van der Waals surface area contributed by atoms with Gasteiger partial charge in [-0.1, -0.05) is 6.07 Å². The van der Waals surface area contributed by atoms with E-state index in [2.05, 4.69) is 0 Å². The number of benzene rings is 1. The fourth-order valence-electron chi connectivity index (χ4n) is 2.78. The molecule has 148 valence electrons. The number of hydrogen-bond donors (Lipinski definition) is 5. The van der Waals surface area contributed by atoms with Crippen LogP contribution in [0.1, 0.15) is 11.5 Å². The maximum absolute atomic E-state index is 9.99. The average molecular weight is 374 g/mol. The lowest BCUT2D eigenvalue weighted by Crippen LogP contribution is -2.59. The summed E-state index contributed by atoms with van der Waals surface area (Å²) in [7, 11) is 3.02. The number of methoxy groups -OCH3 is 2. The third kappa shape index (κ3) is 4.44. The van der Waals surface area contributed by atoms with Crippen LogP contribution in [0.15, 0.2) is 18.2 Å². The van der Waals surface area contributed by atoms with Crippen molar-refractivity contribution in [1.29, 1.82) is 0 Å². The Balaban J connectivity index is 2.06. The quantitative estimate of drug-likeness (QED) is 0.372. The van der Waals surface area contributed by atoms with Gasteiger partial charge in [0, 0.05) is 5.92 Å². The minimum Gasteiger partial charge on any atom is -0.493 e. The molecule has 1 saturated heterocycles. The SMILES string of the molecule is COc1ccc([C@H](CO)CO[C@@H]2O[C@H](CO)[C@@H](O)[C@H](O)[C@H]2O)cc1OC. The lowest BCUT2D eigenvalue weighted by molar-refractivity contribution is -0.302. The molecule has 9 nitrogen and oxygen atoms in total.